The van der Waals surface area contributed by atoms with Gasteiger partial charge in [0, 0.05) is 17.8 Å². The Bertz CT molecular complexity index is 1240. The van der Waals surface area contributed by atoms with Crippen molar-refractivity contribution in [3.8, 4) is 0 Å². The smallest absolute Gasteiger partial charge is 0.262 e. The van der Waals surface area contributed by atoms with Crippen molar-refractivity contribution in [1.82, 2.24) is 14.5 Å². The number of hydrogen-bond acceptors (Lipinski definition) is 6. The van der Waals surface area contributed by atoms with Crippen LogP contribution < -0.4 is 10.9 Å². The van der Waals surface area contributed by atoms with Crippen LogP contribution in [0.5, 0.6) is 0 Å². The molecule has 4 rings (SSSR count). The molecule has 3 aromatic heterocycles. The molecule has 0 aliphatic rings. The van der Waals surface area contributed by atoms with E-state index >= 15 is 0 Å². The summed E-state index contributed by atoms with van der Waals surface area (Å²) >= 11 is 3.00. The molecule has 0 unspecified atom stereocenters. The van der Waals surface area contributed by atoms with Crippen molar-refractivity contribution in [2.75, 3.05) is 5.32 Å². The molecule has 8 heteroatoms. The third-order valence-corrected chi connectivity index (χ3v) is 7.15. The normalized spacial score (nSPS) is 11.4. The summed E-state index contributed by atoms with van der Waals surface area (Å²) in [4.78, 5) is 35.9. The maximum absolute atomic E-state index is 12.7. The Labute approximate surface area is 169 Å². The average Bonchev–Trinajstić information content (AvgIpc) is 3.20. The minimum Gasteiger partial charge on any atom is -0.302 e. The molecule has 0 bridgehead atoms. The van der Waals surface area contributed by atoms with Crippen LogP contribution in [0.25, 0.3) is 20.4 Å². The van der Waals surface area contributed by atoms with Gasteiger partial charge >= 0.3 is 0 Å². The molecule has 0 fully saturated rings. The topological polar surface area (TPSA) is 76.9 Å². The Hall–Kier alpha value is -2.58. The van der Waals surface area contributed by atoms with Gasteiger partial charge in [0.05, 0.1) is 21.9 Å². The number of rotatable bonds is 4. The first kappa shape index (κ1) is 18.8. The first-order chi connectivity index (χ1) is 13.3. The van der Waals surface area contributed by atoms with Gasteiger partial charge in [-0.05, 0) is 44.4 Å². The molecule has 0 aliphatic heterocycles. The highest BCUT2D eigenvalue weighted by molar-refractivity contribution is 7.22. The van der Waals surface area contributed by atoms with Crippen molar-refractivity contribution in [1.29, 1.82) is 0 Å². The monoisotopic (exact) mass is 412 g/mol. The molecule has 0 saturated carbocycles. The van der Waals surface area contributed by atoms with Gasteiger partial charge < -0.3 is 5.32 Å². The fraction of sp³-hybridized carbons (Fsp3) is 0.300. The summed E-state index contributed by atoms with van der Waals surface area (Å²) in [5.74, 6) is -0.167. The van der Waals surface area contributed by atoms with Gasteiger partial charge in [-0.3, -0.25) is 14.2 Å². The molecular weight excluding hydrogens is 392 g/mol. The third-order valence-electron chi connectivity index (χ3n) is 4.92. The van der Waals surface area contributed by atoms with Crippen molar-refractivity contribution in [3.05, 3.63) is 50.4 Å². The highest BCUT2D eigenvalue weighted by Crippen LogP contribution is 2.31. The SMILES string of the molecule is Cc1sc2ncn(CCC(=O)Nc3nc4c(C)ccc(C)c4s3)c(=O)c2c1C. The maximum atomic E-state index is 12.7. The fourth-order valence-corrected chi connectivity index (χ4v) is 5.16. The zero-order chi connectivity index (χ0) is 20.0. The number of nitrogens with one attached hydrogen (secondary N) is 1. The molecule has 0 aliphatic carbocycles. The van der Waals surface area contributed by atoms with Crippen LogP contribution in [0, 0.1) is 27.7 Å². The van der Waals surface area contributed by atoms with E-state index in [1.54, 1.807) is 0 Å². The molecule has 6 nitrogen and oxygen atoms in total. The number of nitrogens with zero attached hydrogens (tertiary/aromatic N) is 3. The lowest BCUT2D eigenvalue weighted by molar-refractivity contribution is -0.116. The van der Waals surface area contributed by atoms with Gasteiger partial charge in [-0.25, -0.2) is 9.97 Å². The van der Waals surface area contributed by atoms with Gasteiger partial charge in [0.1, 0.15) is 4.83 Å². The number of aromatic nitrogens is 3. The van der Waals surface area contributed by atoms with Crippen molar-refractivity contribution in [2.45, 2.75) is 40.7 Å². The molecule has 144 valence electrons. The minimum atomic E-state index is -0.167. The lowest BCUT2D eigenvalue weighted by Crippen LogP contribution is -2.23. The molecule has 0 atom stereocenters. The van der Waals surface area contributed by atoms with E-state index in [1.807, 2.05) is 33.8 Å². The van der Waals surface area contributed by atoms with Crippen LogP contribution in [-0.2, 0) is 11.3 Å². The Morgan fingerprint density at radius 1 is 1.14 bits per heavy atom. The largest absolute Gasteiger partial charge is 0.302 e. The van der Waals surface area contributed by atoms with E-state index in [4.69, 9.17) is 0 Å². The lowest BCUT2D eigenvalue weighted by Gasteiger charge is -2.05. The van der Waals surface area contributed by atoms with Gasteiger partial charge in [0.2, 0.25) is 5.91 Å². The fourth-order valence-electron chi connectivity index (χ4n) is 3.15. The van der Waals surface area contributed by atoms with Crippen LogP contribution in [0.4, 0.5) is 5.13 Å². The van der Waals surface area contributed by atoms with E-state index in [9.17, 15) is 9.59 Å². The van der Waals surface area contributed by atoms with E-state index in [0.29, 0.717) is 10.5 Å². The molecule has 28 heavy (non-hydrogen) atoms. The van der Waals surface area contributed by atoms with Gasteiger partial charge in [-0.15, -0.1) is 11.3 Å². The number of hydrogen-bond donors (Lipinski definition) is 1. The second-order valence-corrected chi connectivity index (χ2v) is 9.10. The van der Waals surface area contributed by atoms with Crippen LogP contribution in [-0.4, -0.2) is 20.4 Å². The molecule has 3 heterocycles. The minimum absolute atomic E-state index is 0.0918. The number of amides is 1. The standard InChI is InChI=1S/C20H20N4O2S2/c1-10-5-6-11(2)17-16(10)23-20(28-17)22-14(25)7-8-24-9-21-18-15(19(24)26)12(3)13(4)27-18/h5-6,9H,7-8H2,1-4H3,(H,22,23,25). The molecule has 4 aromatic rings. The summed E-state index contributed by atoms with van der Waals surface area (Å²) in [7, 11) is 0. The predicted octanol–water partition coefficient (Wildman–Crippen LogP) is 4.33. The quantitative estimate of drug-likeness (QED) is 0.541. The Morgan fingerprint density at radius 3 is 2.64 bits per heavy atom. The van der Waals surface area contributed by atoms with Crippen molar-refractivity contribution < 1.29 is 4.79 Å². The number of fused-ring (bicyclic) bond motifs is 2. The molecule has 1 amide bonds. The van der Waals surface area contributed by atoms with E-state index in [1.165, 1.54) is 33.6 Å². The number of benzene rings is 1. The van der Waals surface area contributed by atoms with Crippen LogP contribution in [0.15, 0.2) is 23.3 Å². The molecule has 0 radical (unpaired) electrons. The molecule has 1 aromatic carbocycles. The summed E-state index contributed by atoms with van der Waals surface area (Å²) in [5, 5.41) is 4.10. The number of thiophene rings is 1. The second-order valence-electron chi connectivity index (χ2n) is 6.90. The van der Waals surface area contributed by atoms with Crippen LogP contribution in [0.1, 0.15) is 28.0 Å². The zero-order valence-corrected chi connectivity index (χ0v) is 17.8. The Morgan fingerprint density at radius 2 is 1.89 bits per heavy atom. The number of carbonyl (C=O) groups is 1. The van der Waals surface area contributed by atoms with Crippen molar-refractivity contribution >= 4 is 54.1 Å². The Kier molecular flexibility index (Phi) is 4.76. The molecule has 0 spiro atoms. The molecule has 1 N–H and O–H groups in total. The van der Waals surface area contributed by atoms with Crippen LogP contribution >= 0.6 is 22.7 Å². The second kappa shape index (κ2) is 7.10. The summed E-state index contributed by atoms with van der Waals surface area (Å²) in [5.41, 5.74) is 4.03. The number of aryl methyl sites for hydroxylation is 5. The van der Waals surface area contributed by atoms with Gasteiger partial charge in [-0.1, -0.05) is 23.5 Å². The highest BCUT2D eigenvalue weighted by atomic mass is 32.1. The number of thiazole rings is 1. The first-order valence-electron chi connectivity index (χ1n) is 8.97. The Balaban J connectivity index is 1.51. The van der Waals surface area contributed by atoms with E-state index in [-0.39, 0.29) is 24.4 Å². The summed E-state index contributed by atoms with van der Waals surface area (Å²) < 4.78 is 2.60. The lowest BCUT2D eigenvalue weighted by atomic mass is 10.1. The number of anilines is 1. The van der Waals surface area contributed by atoms with E-state index in [2.05, 4.69) is 21.4 Å². The molecule has 0 saturated heterocycles. The summed E-state index contributed by atoms with van der Waals surface area (Å²) in [6.45, 7) is 8.25. The van der Waals surface area contributed by atoms with Gasteiger partial charge in [-0.2, -0.15) is 0 Å². The van der Waals surface area contributed by atoms with Gasteiger partial charge in [0.15, 0.2) is 5.13 Å². The van der Waals surface area contributed by atoms with Crippen LogP contribution in [0.3, 0.4) is 0 Å². The maximum Gasteiger partial charge on any atom is 0.262 e. The number of carbonyl (C=O) groups excluding carboxylic acids is 1. The molecular formula is C20H20N4O2S2. The third kappa shape index (κ3) is 3.22. The average molecular weight is 413 g/mol. The van der Waals surface area contributed by atoms with E-state index in [0.717, 1.165) is 36.6 Å². The predicted molar refractivity (Wildman–Crippen MR) is 116 cm³/mol. The zero-order valence-electron chi connectivity index (χ0n) is 16.1. The summed E-state index contributed by atoms with van der Waals surface area (Å²) in [6.07, 6.45) is 1.71. The highest BCUT2D eigenvalue weighted by Gasteiger charge is 2.14. The van der Waals surface area contributed by atoms with E-state index < -0.39 is 0 Å². The summed E-state index contributed by atoms with van der Waals surface area (Å²) in [6, 6.07) is 4.10. The van der Waals surface area contributed by atoms with Crippen LogP contribution in [0.2, 0.25) is 0 Å². The van der Waals surface area contributed by atoms with Crippen molar-refractivity contribution in [2.24, 2.45) is 0 Å². The van der Waals surface area contributed by atoms with Gasteiger partial charge in [0.25, 0.3) is 5.56 Å². The van der Waals surface area contributed by atoms with Crippen molar-refractivity contribution in [3.63, 3.8) is 0 Å². The first-order valence-corrected chi connectivity index (χ1v) is 10.6.